The molecule has 0 radical (unpaired) electrons. The molecule has 4 N–H and O–H groups in total. The second kappa shape index (κ2) is 6.47. The number of rotatable bonds is 6. The fourth-order valence-corrected chi connectivity index (χ4v) is 1.72. The van der Waals surface area contributed by atoms with Crippen LogP contribution in [0.15, 0.2) is 36.4 Å². The smallest absolute Gasteiger partial charge is 0.271 e. The van der Waals surface area contributed by atoms with Gasteiger partial charge in [0.25, 0.3) is 11.4 Å². The van der Waals surface area contributed by atoms with Crippen LogP contribution in [0.25, 0.3) is 0 Å². The summed E-state index contributed by atoms with van der Waals surface area (Å²) in [6.07, 6.45) is 0. The largest absolute Gasteiger partial charge is 0.455 e. The molecule has 2 rings (SSSR count). The van der Waals surface area contributed by atoms with Crippen molar-refractivity contribution in [1.82, 2.24) is 0 Å². The maximum atomic E-state index is 10.6. The zero-order chi connectivity index (χ0) is 17.0. The summed E-state index contributed by atoms with van der Waals surface area (Å²) in [5.74, 6) is 0.409. The fraction of sp³-hybridized carbons (Fsp3) is 0.0769. The fourth-order valence-electron chi connectivity index (χ4n) is 1.72. The van der Waals surface area contributed by atoms with Gasteiger partial charge in [-0.05, 0) is 12.1 Å². The number of nitrogen functional groups attached to an aromatic ring is 2. The minimum atomic E-state index is -0.575. The van der Waals surface area contributed by atoms with Crippen molar-refractivity contribution >= 4 is 22.7 Å². The predicted octanol–water partition coefficient (Wildman–Crippen LogP) is 2.08. The summed E-state index contributed by atoms with van der Waals surface area (Å²) in [6, 6.07) is 7.50. The Morgan fingerprint density at radius 1 is 0.826 bits per heavy atom. The Hall–Kier alpha value is -3.56. The van der Waals surface area contributed by atoms with Crippen molar-refractivity contribution in [2.24, 2.45) is 0 Å². The van der Waals surface area contributed by atoms with Gasteiger partial charge in [0.05, 0.1) is 21.2 Å². The molecule has 0 aliphatic heterocycles. The molecule has 0 heterocycles. The average molecular weight is 320 g/mol. The van der Waals surface area contributed by atoms with E-state index in [-0.39, 0.29) is 41.0 Å². The SMILES string of the molecule is Nc1cc([N+](=O)[O-])ccc1OCOc1ccc([N+](=O)[O-])cc1N. The van der Waals surface area contributed by atoms with Crippen LogP contribution in [0.1, 0.15) is 0 Å². The maximum Gasteiger partial charge on any atom is 0.271 e. The third-order valence-electron chi connectivity index (χ3n) is 2.84. The van der Waals surface area contributed by atoms with Crippen molar-refractivity contribution in [3.63, 3.8) is 0 Å². The first-order valence-electron chi connectivity index (χ1n) is 6.22. The van der Waals surface area contributed by atoms with E-state index in [1.165, 1.54) is 24.3 Å². The van der Waals surface area contributed by atoms with Crippen LogP contribution >= 0.6 is 0 Å². The van der Waals surface area contributed by atoms with Crippen molar-refractivity contribution in [3.8, 4) is 11.5 Å². The molecule has 0 aliphatic carbocycles. The van der Waals surface area contributed by atoms with Gasteiger partial charge in [0, 0.05) is 24.3 Å². The highest BCUT2D eigenvalue weighted by Crippen LogP contribution is 2.28. The van der Waals surface area contributed by atoms with E-state index in [1.807, 2.05) is 0 Å². The van der Waals surface area contributed by atoms with Gasteiger partial charge < -0.3 is 20.9 Å². The quantitative estimate of drug-likeness (QED) is 0.354. The summed E-state index contributed by atoms with van der Waals surface area (Å²) >= 11 is 0. The molecule has 10 nitrogen and oxygen atoms in total. The molecule has 2 aromatic rings. The molecule has 0 spiro atoms. The molecule has 0 saturated carbocycles. The molecule has 2 aromatic carbocycles. The summed E-state index contributed by atoms with van der Waals surface area (Å²) < 4.78 is 10.5. The summed E-state index contributed by atoms with van der Waals surface area (Å²) in [4.78, 5) is 20.0. The summed E-state index contributed by atoms with van der Waals surface area (Å²) in [5, 5.41) is 21.2. The van der Waals surface area contributed by atoms with Gasteiger partial charge >= 0.3 is 0 Å². The van der Waals surface area contributed by atoms with E-state index >= 15 is 0 Å². The maximum absolute atomic E-state index is 10.6. The van der Waals surface area contributed by atoms with E-state index < -0.39 is 9.85 Å². The van der Waals surface area contributed by atoms with Crippen LogP contribution in [-0.4, -0.2) is 16.6 Å². The standard InChI is InChI=1S/C13H12N4O6/c14-10-5-8(16(18)19)1-3-12(10)22-7-23-13-4-2-9(17(20)21)6-11(13)15/h1-6H,7,14-15H2. The molecule has 0 aliphatic rings. The monoisotopic (exact) mass is 320 g/mol. The number of hydrogen-bond donors (Lipinski definition) is 2. The predicted molar refractivity (Wildman–Crippen MR) is 81.1 cm³/mol. The summed E-state index contributed by atoms with van der Waals surface area (Å²) in [7, 11) is 0. The van der Waals surface area contributed by atoms with Gasteiger partial charge in [0.1, 0.15) is 11.5 Å². The molecule has 0 unspecified atom stereocenters. The number of non-ortho nitro benzene ring substituents is 2. The zero-order valence-electron chi connectivity index (χ0n) is 11.7. The second-order valence-corrected chi connectivity index (χ2v) is 4.37. The van der Waals surface area contributed by atoms with Gasteiger partial charge in [0.2, 0.25) is 6.79 Å². The van der Waals surface area contributed by atoms with Gasteiger partial charge in [-0.2, -0.15) is 0 Å². The Labute approximate surface area is 129 Å². The molecule has 120 valence electrons. The number of nitro benzene ring substituents is 2. The van der Waals surface area contributed by atoms with Crippen LogP contribution in [-0.2, 0) is 0 Å². The average Bonchev–Trinajstić information content (AvgIpc) is 2.49. The lowest BCUT2D eigenvalue weighted by atomic mass is 10.2. The van der Waals surface area contributed by atoms with E-state index in [2.05, 4.69) is 0 Å². The minimum absolute atomic E-state index is 0.0828. The number of nitrogens with two attached hydrogens (primary N) is 2. The highest BCUT2D eigenvalue weighted by molar-refractivity contribution is 5.59. The van der Waals surface area contributed by atoms with E-state index in [0.717, 1.165) is 12.1 Å². The van der Waals surface area contributed by atoms with Gasteiger partial charge in [-0.15, -0.1) is 0 Å². The third-order valence-corrected chi connectivity index (χ3v) is 2.84. The van der Waals surface area contributed by atoms with Crippen LogP contribution in [0.4, 0.5) is 22.7 Å². The zero-order valence-corrected chi connectivity index (χ0v) is 11.7. The van der Waals surface area contributed by atoms with Crippen LogP contribution in [0.2, 0.25) is 0 Å². The van der Waals surface area contributed by atoms with E-state index in [9.17, 15) is 20.2 Å². The number of nitro groups is 2. The molecular weight excluding hydrogens is 308 g/mol. The lowest BCUT2D eigenvalue weighted by Gasteiger charge is -2.11. The Balaban J connectivity index is 2.00. The molecular formula is C13H12N4O6. The number of hydrogen-bond acceptors (Lipinski definition) is 8. The second-order valence-electron chi connectivity index (χ2n) is 4.37. The Morgan fingerprint density at radius 2 is 1.22 bits per heavy atom. The first kappa shape index (κ1) is 15.8. The van der Waals surface area contributed by atoms with Crippen molar-refractivity contribution in [3.05, 3.63) is 56.6 Å². The van der Waals surface area contributed by atoms with E-state index in [1.54, 1.807) is 0 Å². The lowest BCUT2D eigenvalue weighted by Crippen LogP contribution is -2.08. The topological polar surface area (TPSA) is 157 Å². The van der Waals surface area contributed by atoms with Crippen molar-refractivity contribution in [2.45, 2.75) is 0 Å². The van der Waals surface area contributed by atoms with Crippen LogP contribution < -0.4 is 20.9 Å². The molecule has 0 saturated heterocycles. The molecule has 0 fully saturated rings. The number of benzene rings is 2. The molecule has 0 amide bonds. The first-order chi connectivity index (χ1) is 10.9. The van der Waals surface area contributed by atoms with E-state index in [4.69, 9.17) is 20.9 Å². The normalized spacial score (nSPS) is 10.1. The van der Waals surface area contributed by atoms with Crippen LogP contribution in [0.5, 0.6) is 11.5 Å². The number of ether oxygens (including phenoxy) is 2. The third kappa shape index (κ3) is 3.75. The lowest BCUT2D eigenvalue weighted by molar-refractivity contribution is -0.385. The molecule has 23 heavy (non-hydrogen) atoms. The van der Waals surface area contributed by atoms with Crippen molar-refractivity contribution in [1.29, 1.82) is 0 Å². The van der Waals surface area contributed by atoms with Crippen molar-refractivity contribution in [2.75, 3.05) is 18.3 Å². The Morgan fingerprint density at radius 3 is 1.52 bits per heavy atom. The van der Waals surface area contributed by atoms with Gasteiger partial charge in [-0.3, -0.25) is 20.2 Å². The first-order valence-corrected chi connectivity index (χ1v) is 6.22. The van der Waals surface area contributed by atoms with Gasteiger partial charge in [-0.25, -0.2) is 0 Å². The van der Waals surface area contributed by atoms with Crippen LogP contribution in [0.3, 0.4) is 0 Å². The number of anilines is 2. The van der Waals surface area contributed by atoms with Gasteiger partial charge in [0.15, 0.2) is 0 Å². The van der Waals surface area contributed by atoms with Gasteiger partial charge in [-0.1, -0.05) is 0 Å². The van der Waals surface area contributed by atoms with E-state index in [0.29, 0.717) is 0 Å². The van der Waals surface area contributed by atoms with Crippen LogP contribution in [0, 0.1) is 20.2 Å². The molecule has 0 aromatic heterocycles. The van der Waals surface area contributed by atoms with Crippen molar-refractivity contribution < 1.29 is 19.3 Å². The Bertz CT molecular complexity index is 701. The number of nitrogens with zero attached hydrogens (tertiary/aromatic N) is 2. The molecule has 0 bridgehead atoms. The highest BCUT2D eigenvalue weighted by atomic mass is 16.7. The highest BCUT2D eigenvalue weighted by Gasteiger charge is 2.11. The summed E-state index contributed by atoms with van der Waals surface area (Å²) in [5.41, 5.74) is 11.1. The minimum Gasteiger partial charge on any atom is -0.455 e. The summed E-state index contributed by atoms with van der Waals surface area (Å²) in [6.45, 7) is -0.274. The molecule has 0 atom stereocenters. The Kier molecular flexibility index (Phi) is 4.45. The molecule has 10 heteroatoms.